The highest BCUT2D eigenvalue weighted by Crippen LogP contribution is 2.32. The molecule has 1 heterocycles. The van der Waals surface area contributed by atoms with Gasteiger partial charge in [0.05, 0.1) is 26.1 Å². The Bertz CT molecular complexity index is 537. The van der Waals surface area contributed by atoms with Crippen LogP contribution in [0.2, 0.25) is 0 Å². The van der Waals surface area contributed by atoms with Gasteiger partial charge in [-0.1, -0.05) is 0 Å². The normalized spacial score (nSPS) is 10.5. The Kier molecular flexibility index (Phi) is 4.41. The van der Waals surface area contributed by atoms with Gasteiger partial charge in [0, 0.05) is 18.1 Å². The molecule has 0 aliphatic carbocycles. The topological polar surface area (TPSA) is 73.2 Å². The molecule has 0 bridgehead atoms. The molecule has 0 unspecified atom stereocenters. The molecule has 5 nitrogen and oxygen atoms in total. The number of nitrogens with zero attached hydrogens (tertiary/aromatic N) is 1. The second kappa shape index (κ2) is 6.24. The summed E-state index contributed by atoms with van der Waals surface area (Å²) in [6.45, 7) is 0.669. The van der Waals surface area contributed by atoms with Gasteiger partial charge in [-0.2, -0.15) is 0 Å². The molecule has 0 saturated carbocycles. The van der Waals surface area contributed by atoms with Crippen molar-refractivity contribution in [3.63, 3.8) is 0 Å². The molecule has 3 N–H and O–H groups in total. The molecule has 2 aromatic rings. The third-order valence-electron chi connectivity index (χ3n) is 2.95. The lowest BCUT2D eigenvalue weighted by Crippen LogP contribution is -2.01. The van der Waals surface area contributed by atoms with Crippen LogP contribution in [0.25, 0.3) is 11.3 Å². The third kappa shape index (κ3) is 3.06. The maximum Gasteiger partial charge on any atom is 0.131 e. The quantitative estimate of drug-likeness (QED) is 0.834. The molecular formula is C14H19N3O2. The van der Waals surface area contributed by atoms with E-state index in [1.165, 1.54) is 0 Å². The molecule has 0 spiro atoms. The number of H-pyrrole nitrogens is 1. The van der Waals surface area contributed by atoms with Crippen LogP contribution in [0, 0.1) is 0 Å². The molecule has 1 aromatic carbocycles. The number of aromatic nitrogens is 2. The molecule has 0 atom stereocenters. The minimum atomic E-state index is 0.669. The molecule has 0 aliphatic rings. The van der Waals surface area contributed by atoms with Crippen LogP contribution < -0.4 is 15.2 Å². The molecular weight excluding hydrogens is 242 g/mol. The van der Waals surface area contributed by atoms with Crippen molar-refractivity contribution in [3.8, 4) is 22.8 Å². The standard InChI is InChI=1S/C14H19N3O2/c1-18-10-5-6-11(13(8-10)19-2)12-9-16-14(17-12)4-3-7-15/h5-6,8-9H,3-4,7,15H2,1-2H3,(H,16,17). The van der Waals surface area contributed by atoms with E-state index in [0.717, 1.165) is 41.4 Å². The van der Waals surface area contributed by atoms with E-state index in [0.29, 0.717) is 6.54 Å². The van der Waals surface area contributed by atoms with E-state index in [1.807, 2.05) is 24.4 Å². The van der Waals surface area contributed by atoms with E-state index >= 15 is 0 Å². The first-order valence-electron chi connectivity index (χ1n) is 6.25. The zero-order valence-electron chi connectivity index (χ0n) is 11.3. The van der Waals surface area contributed by atoms with Crippen molar-refractivity contribution in [2.45, 2.75) is 12.8 Å². The Labute approximate surface area is 112 Å². The Hall–Kier alpha value is -2.01. The van der Waals surface area contributed by atoms with Gasteiger partial charge in [-0.15, -0.1) is 0 Å². The van der Waals surface area contributed by atoms with Gasteiger partial charge < -0.3 is 20.2 Å². The smallest absolute Gasteiger partial charge is 0.131 e. The molecule has 5 heteroatoms. The molecule has 0 radical (unpaired) electrons. The number of ether oxygens (including phenoxy) is 2. The number of rotatable bonds is 6. The molecule has 0 fully saturated rings. The van der Waals surface area contributed by atoms with E-state index in [9.17, 15) is 0 Å². The fourth-order valence-corrected chi connectivity index (χ4v) is 1.92. The Morgan fingerprint density at radius 1 is 1.26 bits per heavy atom. The highest BCUT2D eigenvalue weighted by molar-refractivity contribution is 5.68. The summed E-state index contributed by atoms with van der Waals surface area (Å²) in [7, 11) is 3.28. The van der Waals surface area contributed by atoms with Gasteiger partial charge in [0.25, 0.3) is 0 Å². The predicted octanol–water partition coefficient (Wildman–Crippen LogP) is 1.99. The molecule has 1 aromatic heterocycles. The van der Waals surface area contributed by atoms with Gasteiger partial charge in [0.1, 0.15) is 17.3 Å². The maximum absolute atomic E-state index is 5.50. The van der Waals surface area contributed by atoms with Gasteiger partial charge in [0.15, 0.2) is 0 Å². The van der Waals surface area contributed by atoms with Crippen LogP contribution in [0.5, 0.6) is 11.5 Å². The van der Waals surface area contributed by atoms with Crippen LogP contribution in [0.15, 0.2) is 24.4 Å². The maximum atomic E-state index is 5.50. The molecule has 0 aliphatic heterocycles. The highest BCUT2D eigenvalue weighted by atomic mass is 16.5. The van der Waals surface area contributed by atoms with Crippen molar-refractivity contribution in [1.29, 1.82) is 0 Å². The van der Waals surface area contributed by atoms with Crippen LogP contribution in [-0.4, -0.2) is 30.7 Å². The lowest BCUT2D eigenvalue weighted by atomic mass is 10.1. The summed E-state index contributed by atoms with van der Waals surface area (Å²) >= 11 is 0. The van der Waals surface area contributed by atoms with Crippen molar-refractivity contribution in [1.82, 2.24) is 9.97 Å². The summed E-state index contributed by atoms with van der Waals surface area (Å²) in [5.74, 6) is 2.47. The van der Waals surface area contributed by atoms with Gasteiger partial charge in [-0.05, 0) is 25.1 Å². The van der Waals surface area contributed by atoms with Gasteiger partial charge in [-0.3, -0.25) is 0 Å². The van der Waals surface area contributed by atoms with Crippen LogP contribution >= 0.6 is 0 Å². The SMILES string of the molecule is COc1ccc(-c2cnc(CCCN)[nH]2)c(OC)c1. The predicted molar refractivity (Wildman–Crippen MR) is 74.5 cm³/mol. The zero-order valence-corrected chi connectivity index (χ0v) is 11.3. The van der Waals surface area contributed by atoms with E-state index in [-0.39, 0.29) is 0 Å². The Morgan fingerprint density at radius 2 is 2.11 bits per heavy atom. The van der Waals surface area contributed by atoms with E-state index in [2.05, 4.69) is 9.97 Å². The number of nitrogens with two attached hydrogens (primary N) is 1. The van der Waals surface area contributed by atoms with E-state index in [1.54, 1.807) is 14.2 Å². The fourth-order valence-electron chi connectivity index (χ4n) is 1.92. The lowest BCUT2D eigenvalue weighted by Gasteiger charge is -2.08. The van der Waals surface area contributed by atoms with Crippen LogP contribution in [-0.2, 0) is 6.42 Å². The number of methoxy groups -OCH3 is 2. The minimum Gasteiger partial charge on any atom is -0.497 e. The monoisotopic (exact) mass is 261 g/mol. The molecule has 0 amide bonds. The van der Waals surface area contributed by atoms with Gasteiger partial charge in [-0.25, -0.2) is 4.98 Å². The first kappa shape index (κ1) is 13.4. The minimum absolute atomic E-state index is 0.669. The average molecular weight is 261 g/mol. The number of hydrogen-bond acceptors (Lipinski definition) is 4. The summed E-state index contributed by atoms with van der Waals surface area (Å²) in [4.78, 5) is 7.64. The first-order valence-corrected chi connectivity index (χ1v) is 6.25. The average Bonchev–Trinajstić information content (AvgIpc) is 2.92. The van der Waals surface area contributed by atoms with Crippen LogP contribution in [0.3, 0.4) is 0 Å². The fraction of sp³-hybridized carbons (Fsp3) is 0.357. The summed E-state index contributed by atoms with van der Waals surface area (Å²) in [6, 6.07) is 5.71. The van der Waals surface area contributed by atoms with Gasteiger partial charge >= 0.3 is 0 Å². The zero-order chi connectivity index (χ0) is 13.7. The Balaban J connectivity index is 2.27. The number of hydrogen-bond donors (Lipinski definition) is 2. The summed E-state index contributed by atoms with van der Waals surface area (Å²) in [6.07, 6.45) is 3.60. The van der Waals surface area contributed by atoms with Crippen molar-refractivity contribution in [2.75, 3.05) is 20.8 Å². The number of nitrogens with one attached hydrogen (secondary N) is 1. The third-order valence-corrected chi connectivity index (χ3v) is 2.95. The molecule has 102 valence electrons. The largest absolute Gasteiger partial charge is 0.497 e. The summed E-state index contributed by atoms with van der Waals surface area (Å²) in [5, 5.41) is 0. The molecule has 19 heavy (non-hydrogen) atoms. The Morgan fingerprint density at radius 3 is 2.79 bits per heavy atom. The summed E-state index contributed by atoms with van der Waals surface area (Å²) in [5.41, 5.74) is 7.40. The first-order chi connectivity index (χ1) is 9.28. The second-order valence-corrected chi connectivity index (χ2v) is 4.20. The number of aryl methyl sites for hydroxylation is 1. The van der Waals surface area contributed by atoms with Crippen molar-refractivity contribution >= 4 is 0 Å². The number of imidazole rings is 1. The molecule has 0 saturated heterocycles. The van der Waals surface area contributed by atoms with Crippen molar-refractivity contribution in [2.24, 2.45) is 5.73 Å². The number of benzene rings is 1. The van der Waals surface area contributed by atoms with E-state index < -0.39 is 0 Å². The number of aromatic amines is 1. The van der Waals surface area contributed by atoms with Crippen molar-refractivity contribution in [3.05, 3.63) is 30.2 Å². The van der Waals surface area contributed by atoms with Crippen molar-refractivity contribution < 1.29 is 9.47 Å². The van der Waals surface area contributed by atoms with E-state index in [4.69, 9.17) is 15.2 Å². The second-order valence-electron chi connectivity index (χ2n) is 4.20. The van der Waals surface area contributed by atoms with Gasteiger partial charge in [0.2, 0.25) is 0 Å². The lowest BCUT2D eigenvalue weighted by molar-refractivity contribution is 0.395. The highest BCUT2D eigenvalue weighted by Gasteiger charge is 2.10. The summed E-state index contributed by atoms with van der Waals surface area (Å²) < 4.78 is 10.6. The van der Waals surface area contributed by atoms with Crippen LogP contribution in [0.1, 0.15) is 12.2 Å². The van der Waals surface area contributed by atoms with Crippen LogP contribution in [0.4, 0.5) is 0 Å². The molecule has 2 rings (SSSR count).